The maximum absolute atomic E-state index is 10.4. The SMILES string of the molecule is C=COCCNC(=O)OC. The zero-order chi connectivity index (χ0) is 7.82. The van der Waals surface area contributed by atoms with Crippen LogP contribution in [0.15, 0.2) is 12.8 Å². The molecule has 0 radical (unpaired) electrons. The van der Waals surface area contributed by atoms with Gasteiger partial charge in [-0.25, -0.2) is 4.79 Å². The molecule has 0 aromatic heterocycles. The van der Waals surface area contributed by atoms with Crippen LogP contribution in [0.1, 0.15) is 0 Å². The zero-order valence-corrected chi connectivity index (χ0v) is 5.92. The Hall–Kier alpha value is -1.19. The maximum Gasteiger partial charge on any atom is 0.406 e. The Labute approximate surface area is 59.8 Å². The van der Waals surface area contributed by atoms with Crippen LogP contribution in [0.5, 0.6) is 0 Å². The quantitative estimate of drug-likeness (QED) is 0.463. The first kappa shape index (κ1) is 8.81. The predicted molar refractivity (Wildman–Crippen MR) is 36.6 cm³/mol. The molecule has 0 saturated heterocycles. The summed E-state index contributed by atoms with van der Waals surface area (Å²) in [6, 6.07) is 0. The molecule has 4 heteroatoms. The Morgan fingerprint density at radius 1 is 1.80 bits per heavy atom. The largest absolute Gasteiger partial charge is 0.500 e. The molecule has 0 aromatic carbocycles. The lowest BCUT2D eigenvalue weighted by atomic mass is 10.7. The molecule has 0 atom stereocenters. The molecule has 0 spiro atoms. The summed E-state index contributed by atoms with van der Waals surface area (Å²) in [5.74, 6) is 0. The molecule has 58 valence electrons. The topological polar surface area (TPSA) is 47.6 Å². The van der Waals surface area contributed by atoms with Gasteiger partial charge in [0.05, 0.1) is 19.9 Å². The van der Waals surface area contributed by atoms with Gasteiger partial charge in [-0.15, -0.1) is 0 Å². The Morgan fingerprint density at radius 2 is 2.50 bits per heavy atom. The molecule has 0 fully saturated rings. The van der Waals surface area contributed by atoms with Crippen LogP contribution in [0, 0.1) is 0 Å². The number of nitrogens with one attached hydrogen (secondary N) is 1. The Bertz CT molecular complexity index is 114. The van der Waals surface area contributed by atoms with Crippen LogP contribution in [0.25, 0.3) is 0 Å². The number of hydrogen-bond donors (Lipinski definition) is 1. The van der Waals surface area contributed by atoms with Crippen LogP contribution in [0.4, 0.5) is 4.79 Å². The van der Waals surface area contributed by atoms with Gasteiger partial charge in [0.15, 0.2) is 0 Å². The highest BCUT2D eigenvalue weighted by Crippen LogP contribution is 1.73. The van der Waals surface area contributed by atoms with Crippen LogP contribution in [0.2, 0.25) is 0 Å². The van der Waals surface area contributed by atoms with Gasteiger partial charge in [-0.2, -0.15) is 0 Å². The van der Waals surface area contributed by atoms with Crippen molar-refractivity contribution in [3.63, 3.8) is 0 Å². The second-order valence-corrected chi connectivity index (χ2v) is 1.46. The number of amides is 1. The summed E-state index contributed by atoms with van der Waals surface area (Å²) in [7, 11) is 1.31. The minimum absolute atomic E-state index is 0.415. The molecule has 1 N–H and O–H groups in total. The van der Waals surface area contributed by atoms with Gasteiger partial charge in [0.25, 0.3) is 0 Å². The van der Waals surface area contributed by atoms with Gasteiger partial charge < -0.3 is 14.8 Å². The van der Waals surface area contributed by atoms with E-state index in [2.05, 4.69) is 16.6 Å². The molecule has 0 bridgehead atoms. The van der Waals surface area contributed by atoms with Gasteiger partial charge in [-0.1, -0.05) is 6.58 Å². The van der Waals surface area contributed by atoms with E-state index >= 15 is 0 Å². The summed E-state index contributed by atoms with van der Waals surface area (Å²) < 4.78 is 9.02. The summed E-state index contributed by atoms with van der Waals surface area (Å²) in [5, 5.41) is 2.43. The second kappa shape index (κ2) is 5.94. The molecule has 0 aliphatic rings. The zero-order valence-electron chi connectivity index (χ0n) is 5.92. The van der Waals surface area contributed by atoms with Crippen LogP contribution >= 0.6 is 0 Å². The van der Waals surface area contributed by atoms with Crippen molar-refractivity contribution in [1.29, 1.82) is 0 Å². The number of alkyl carbamates (subject to hydrolysis) is 1. The first-order valence-corrected chi connectivity index (χ1v) is 2.85. The number of carbonyl (C=O) groups is 1. The van der Waals surface area contributed by atoms with Crippen LogP contribution in [0.3, 0.4) is 0 Å². The van der Waals surface area contributed by atoms with Crippen LogP contribution in [-0.2, 0) is 9.47 Å². The summed E-state index contributed by atoms with van der Waals surface area (Å²) in [5.41, 5.74) is 0. The van der Waals surface area contributed by atoms with E-state index in [-0.39, 0.29) is 0 Å². The third-order valence-electron chi connectivity index (χ3n) is 0.792. The minimum Gasteiger partial charge on any atom is -0.500 e. The molecule has 0 aromatic rings. The fraction of sp³-hybridized carbons (Fsp3) is 0.500. The second-order valence-electron chi connectivity index (χ2n) is 1.46. The summed E-state index contributed by atoms with van der Waals surface area (Å²) in [4.78, 5) is 10.4. The molecule has 0 rings (SSSR count). The molecular formula is C6H11NO3. The van der Waals surface area contributed by atoms with Crippen LogP contribution < -0.4 is 5.32 Å². The van der Waals surface area contributed by atoms with Crippen molar-refractivity contribution in [3.05, 3.63) is 12.8 Å². The van der Waals surface area contributed by atoms with E-state index in [1.807, 2.05) is 0 Å². The molecule has 10 heavy (non-hydrogen) atoms. The van der Waals surface area contributed by atoms with Crippen molar-refractivity contribution < 1.29 is 14.3 Å². The van der Waals surface area contributed by atoms with Crippen molar-refractivity contribution in [1.82, 2.24) is 5.32 Å². The average molecular weight is 145 g/mol. The van der Waals surface area contributed by atoms with Crippen molar-refractivity contribution in [3.8, 4) is 0 Å². The van der Waals surface area contributed by atoms with Crippen molar-refractivity contribution in [2.45, 2.75) is 0 Å². The standard InChI is InChI=1S/C6H11NO3/c1-3-10-5-4-7-6(8)9-2/h3H,1,4-5H2,2H3,(H,7,8). The Morgan fingerprint density at radius 3 is 3.00 bits per heavy atom. The average Bonchev–Trinajstić information content (AvgIpc) is 1.98. The highest BCUT2D eigenvalue weighted by Gasteiger charge is 1.94. The third-order valence-corrected chi connectivity index (χ3v) is 0.792. The number of ether oxygens (including phenoxy) is 2. The number of methoxy groups -OCH3 is 1. The van der Waals surface area contributed by atoms with E-state index < -0.39 is 6.09 Å². The molecule has 4 nitrogen and oxygen atoms in total. The first-order valence-electron chi connectivity index (χ1n) is 2.85. The molecule has 0 aliphatic heterocycles. The van der Waals surface area contributed by atoms with Gasteiger partial charge in [0, 0.05) is 0 Å². The lowest BCUT2D eigenvalue weighted by Crippen LogP contribution is -2.26. The van der Waals surface area contributed by atoms with Gasteiger partial charge in [-0.3, -0.25) is 0 Å². The molecule has 0 heterocycles. The molecule has 0 saturated carbocycles. The fourth-order valence-electron chi connectivity index (χ4n) is 0.368. The van der Waals surface area contributed by atoms with Gasteiger partial charge in [-0.05, 0) is 0 Å². The van der Waals surface area contributed by atoms with Gasteiger partial charge in [0.1, 0.15) is 6.61 Å². The smallest absolute Gasteiger partial charge is 0.406 e. The lowest BCUT2D eigenvalue weighted by molar-refractivity contribution is 0.165. The van der Waals surface area contributed by atoms with Gasteiger partial charge in [0.2, 0.25) is 0 Å². The number of hydrogen-bond acceptors (Lipinski definition) is 3. The summed E-state index contributed by atoms with van der Waals surface area (Å²) in [6.45, 7) is 4.18. The summed E-state index contributed by atoms with van der Waals surface area (Å²) >= 11 is 0. The summed E-state index contributed by atoms with van der Waals surface area (Å²) in [6.07, 6.45) is 0.867. The van der Waals surface area contributed by atoms with E-state index in [9.17, 15) is 4.79 Å². The number of rotatable bonds is 4. The lowest BCUT2D eigenvalue weighted by Gasteiger charge is -2.01. The fourth-order valence-corrected chi connectivity index (χ4v) is 0.368. The van der Waals surface area contributed by atoms with Crippen LogP contribution in [-0.4, -0.2) is 26.4 Å². The van der Waals surface area contributed by atoms with Crippen molar-refractivity contribution >= 4 is 6.09 Å². The minimum atomic E-state index is -0.451. The van der Waals surface area contributed by atoms with Crippen molar-refractivity contribution in [2.75, 3.05) is 20.3 Å². The van der Waals surface area contributed by atoms with E-state index in [0.29, 0.717) is 13.2 Å². The van der Waals surface area contributed by atoms with E-state index in [1.165, 1.54) is 13.4 Å². The molecule has 0 aliphatic carbocycles. The highest BCUT2D eigenvalue weighted by atomic mass is 16.5. The number of carbonyl (C=O) groups excluding carboxylic acids is 1. The molecule has 0 unspecified atom stereocenters. The monoisotopic (exact) mass is 145 g/mol. The highest BCUT2D eigenvalue weighted by molar-refractivity contribution is 5.66. The van der Waals surface area contributed by atoms with Gasteiger partial charge >= 0.3 is 6.09 Å². The Balaban J connectivity index is 3.03. The van der Waals surface area contributed by atoms with E-state index in [1.54, 1.807) is 0 Å². The normalized spacial score (nSPS) is 8.10. The predicted octanol–water partition coefficient (Wildman–Crippen LogP) is 0.502. The Kier molecular flexibility index (Phi) is 5.23. The molecular weight excluding hydrogens is 134 g/mol. The van der Waals surface area contributed by atoms with E-state index in [4.69, 9.17) is 4.74 Å². The maximum atomic E-state index is 10.4. The van der Waals surface area contributed by atoms with E-state index in [0.717, 1.165) is 0 Å². The van der Waals surface area contributed by atoms with Crippen molar-refractivity contribution in [2.24, 2.45) is 0 Å². The third kappa shape index (κ3) is 4.96. The first-order chi connectivity index (χ1) is 4.81. The molecule has 1 amide bonds.